The second kappa shape index (κ2) is 12.1. The lowest BCUT2D eigenvalue weighted by atomic mass is 9.51. The molecule has 2 saturated heterocycles. The predicted octanol–water partition coefficient (Wildman–Crippen LogP) is 7.61. The highest BCUT2D eigenvalue weighted by molar-refractivity contribution is 9.10. The zero-order valence-corrected chi connectivity index (χ0v) is 29.4. The number of halogens is 3. The summed E-state index contributed by atoms with van der Waals surface area (Å²) in [5.74, 6) is -6.79. The van der Waals surface area contributed by atoms with Gasteiger partial charge < -0.3 is 5.11 Å². The fraction of sp³-hybridized carbons (Fsp3) is 0.225. The Labute approximate surface area is 305 Å². The standard InChI is InChI=1S/C40H29BrClFN2O6/c1-40-29(37(49)45(39(40)51)24-12-15-31(43)30(42)18-24)19-27-25(34(40)28-17-22(41)9-16-32(28)46)13-14-26-33(27)38(50)44(36(26)48)23-10-7-21(8-11-23)35(47)20-5-3-2-4-6-20/h2-13,15-18,26-27,29,33-34,46H,14,19H2,1H3. The minimum Gasteiger partial charge on any atom is -0.508 e. The summed E-state index contributed by atoms with van der Waals surface area (Å²) < 4.78 is 14.8. The molecule has 51 heavy (non-hydrogen) atoms. The van der Waals surface area contributed by atoms with Crippen molar-refractivity contribution in [1.29, 1.82) is 0 Å². The highest BCUT2D eigenvalue weighted by atomic mass is 79.9. The monoisotopic (exact) mass is 766 g/mol. The van der Waals surface area contributed by atoms with Crippen LogP contribution in [-0.4, -0.2) is 34.5 Å². The van der Waals surface area contributed by atoms with Gasteiger partial charge in [-0.3, -0.25) is 28.9 Å². The van der Waals surface area contributed by atoms with E-state index in [-0.39, 0.29) is 41.0 Å². The van der Waals surface area contributed by atoms with Crippen molar-refractivity contribution >= 4 is 68.3 Å². The molecule has 4 aromatic carbocycles. The first kappa shape index (κ1) is 33.2. The van der Waals surface area contributed by atoms with Gasteiger partial charge in [-0.25, -0.2) is 9.29 Å². The zero-order valence-electron chi connectivity index (χ0n) is 27.1. The summed E-state index contributed by atoms with van der Waals surface area (Å²) in [7, 11) is 0. The molecular weight excluding hydrogens is 739 g/mol. The minimum atomic E-state index is -1.40. The Morgan fingerprint density at radius 2 is 1.53 bits per heavy atom. The summed E-state index contributed by atoms with van der Waals surface area (Å²) in [5, 5.41) is 11.0. The van der Waals surface area contributed by atoms with Crippen LogP contribution < -0.4 is 9.80 Å². The normalized spacial score (nSPS) is 26.9. The van der Waals surface area contributed by atoms with E-state index in [1.165, 1.54) is 18.2 Å². The van der Waals surface area contributed by atoms with Gasteiger partial charge in [0.15, 0.2) is 5.78 Å². The highest BCUT2D eigenvalue weighted by Crippen LogP contribution is 2.64. The second-order valence-corrected chi connectivity index (χ2v) is 15.0. The van der Waals surface area contributed by atoms with E-state index in [0.29, 0.717) is 32.4 Å². The highest BCUT2D eigenvalue weighted by Gasteiger charge is 2.68. The van der Waals surface area contributed by atoms with Crippen LogP contribution in [-0.2, 0) is 19.2 Å². The lowest BCUT2D eigenvalue weighted by Gasteiger charge is -2.49. The summed E-state index contributed by atoms with van der Waals surface area (Å²) in [6.45, 7) is 1.70. The van der Waals surface area contributed by atoms with Crippen molar-refractivity contribution < 1.29 is 33.5 Å². The summed E-state index contributed by atoms with van der Waals surface area (Å²) in [6, 6.07) is 23.7. The average molecular weight is 768 g/mol. The van der Waals surface area contributed by atoms with E-state index in [4.69, 9.17) is 11.6 Å². The van der Waals surface area contributed by atoms with E-state index in [1.54, 1.807) is 67.6 Å². The number of nitrogens with zero attached hydrogens (tertiary/aromatic N) is 2. The minimum absolute atomic E-state index is 0.0871. The van der Waals surface area contributed by atoms with Crippen LogP contribution in [0.4, 0.5) is 15.8 Å². The molecule has 2 aliphatic heterocycles. The van der Waals surface area contributed by atoms with E-state index in [2.05, 4.69) is 15.9 Å². The number of ketones is 1. The lowest BCUT2D eigenvalue weighted by molar-refractivity contribution is -0.131. The van der Waals surface area contributed by atoms with Crippen molar-refractivity contribution in [2.24, 2.45) is 29.1 Å². The van der Waals surface area contributed by atoms with Gasteiger partial charge in [0.25, 0.3) is 0 Å². The second-order valence-electron chi connectivity index (χ2n) is 13.7. The SMILES string of the molecule is CC12C(=O)N(c3ccc(F)c(Cl)c3)C(=O)C1CC1C(=CCC3C(=O)N(c4ccc(C(=O)c5ccccc5)cc4)C(=O)C31)C2c1cc(Br)ccc1O. The number of carbonyl (C=O) groups excluding carboxylic acids is 5. The van der Waals surface area contributed by atoms with Gasteiger partial charge in [-0.15, -0.1) is 0 Å². The van der Waals surface area contributed by atoms with Crippen molar-refractivity contribution in [1.82, 2.24) is 0 Å². The Morgan fingerprint density at radius 3 is 2.24 bits per heavy atom. The molecule has 6 atom stereocenters. The van der Waals surface area contributed by atoms with Gasteiger partial charge in [0.2, 0.25) is 23.6 Å². The Hall–Kier alpha value is -4.93. The van der Waals surface area contributed by atoms with Gasteiger partial charge in [0, 0.05) is 27.1 Å². The summed E-state index contributed by atoms with van der Waals surface area (Å²) >= 11 is 9.57. The van der Waals surface area contributed by atoms with Gasteiger partial charge in [0.05, 0.1) is 39.6 Å². The Bertz CT molecular complexity index is 2230. The van der Waals surface area contributed by atoms with Crippen LogP contribution in [0.2, 0.25) is 5.02 Å². The third-order valence-electron chi connectivity index (χ3n) is 11.2. The topological polar surface area (TPSA) is 112 Å². The van der Waals surface area contributed by atoms with Crippen LogP contribution in [0, 0.1) is 34.9 Å². The molecule has 6 unspecified atom stereocenters. The number of anilines is 2. The number of hydrogen-bond acceptors (Lipinski definition) is 6. The van der Waals surface area contributed by atoms with Crippen molar-refractivity contribution in [2.75, 3.05) is 9.80 Å². The van der Waals surface area contributed by atoms with Crippen molar-refractivity contribution in [3.05, 3.63) is 135 Å². The van der Waals surface area contributed by atoms with E-state index >= 15 is 0 Å². The number of fused-ring (bicyclic) bond motifs is 4. The van der Waals surface area contributed by atoms with Crippen molar-refractivity contribution in [3.63, 3.8) is 0 Å². The van der Waals surface area contributed by atoms with Crippen molar-refractivity contribution in [2.45, 2.75) is 25.7 Å². The number of phenolic OH excluding ortho intramolecular Hbond substituents is 1. The van der Waals surface area contributed by atoms with Gasteiger partial charge in [-0.2, -0.15) is 0 Å². The average Bonchev–Trinajstić information content (AvgIpc) is 3.50. The molecule has 1 saturated carbocycles. The van der Waals surface area contributed by atoms with Crippen LogP contribution in [0.5, 0.6) is 5.75 Å². The third-order valence-corrected chi connectivity index (χ3v) is 11.9. The van der Waals surface area contributed by atoms with Gasteiger partial charge >= 0.3 is 0 Å². The fourth-order valence-electron chi connectivity index (χ4n) is 8.76. The quantitative estimate of drug-likeness (QED) is 0.127. The maximum atomic E-state index is 14.6. The molecule has 256 valence electrons. The number of allylic oxidation sites excluding steroid dienone is 2. The summed E-state index contributed by atoms with van der Waals surface area (Å²) in [4.78, 5) is 72.6. The van der Waals surface area contributed by atoms with Crippen LogP contribution in [0.25, 0.3) is 0 Å². The molecule has 3 fully saturated rings. The molecule has 0 bridgehead atoms. The molecule has 4 aromatic rings. The van der Waals surface area contributed by atoms with E-state index in [1.807, 2.05) is 12.1 Å². The molecule has 0 spiro atoms. The first-order valence-corrected chi connectivity index (χ1v) is 17.7. The number of benzene rings is 4. The number of aromatic hydroxyl groups is 1. The molecule has 0 radical (unpaired) electrons. The number of rotatable bonds is 5. The van der Waals surface area contributed by atoms with Gasteiger partial charge in [-0.05, 0) is 86.3 Å². The third kappa shape index (κ3) is 4.94. The number of carbonyl (C=O) groups is 5. The molecule has 8 nitrogen and oxygen atoms in total. The molecule has 2 aliphatic carbocycles. The summed E-state index contributed by atoms with van der Waals surface area (Å²) in [6.07, 6.45) is 2.21. The molecule has 4 aliphatic rings. The lowest BCUT2D eigenvalue weighted by Crippen LogP contribution is -2.48. The number of imide groups is 2. The largest absolute Gasteiger partial charge is 0.508 e. The number of hydrogen-bond donors (Lipinski definition) is 1. The molecular formula is C40H29BrClFN2O6. The van der Waals surface area contributed by atoms with E-state index in [0.717, 1.165) is 15.9 Å². The van der Waals surface area contributed by atoms with Gasteiger partial charge in [-0.1, -0.05) is 69.5 Å². The van der Waals surface area contributed by atoms with Crippen LogP contribution in [0.1, 0.15) is 47.2 Å². The van der Waals surface area contributed by atoms with Crippen LogP contribution >= 0.6 is 27.5 Å². The molecule has 0 aromatic heterocycles. The smallest absolute Gasteiger partial charge is 0.241 e. The molecule has 11 heteroatoms. The fourth-order valence-corrected chi connectivity index (χ4v) is 9.31. The van der Waals surface area contributed by atoms with E-state index < -0.39 is 58.5 Å². The number of amides is 4. The summed E-state index contributed by atoms with van der Waals surface area (Å²) in [5.41, 5.74) is 1.07. The van der Waals surface area contributed by atoms with Crippen LogP contribution in [0.15, 0.2) is 107 Å². The first-order valence-electron chi connectivity index (χ1n) is 16.5. The molecule has 2 heterocycles. The molecule has 4 amide bonds. The number of phenols is 1. The van der Waals surface area contributed by atoms with Crippen molar-refractivity contribution in [3.8, 4) is 5.75 Å². The Balaban J connectivity index is 1.19. The Morgan fingerprint density at radius 1 is 0.843 bits per heavy atom. The predicted molar refractivity (Wildman–Crippen MR) is 191 cm³/mol. The maximum absolute atomic E-state index is 14.6. The maximum Gasteiger partial charge on any atom is 0.241 e. The van der Waals surface area contributed by atoms with E-state index in [9.17, 15) is 33.5 Å². The van der Waals surface area contributed by atoms with Crippen LogP contribution in [0.3, 0.4) is 0 Å². The zero-order chi connectivity index (χ0) is 35.9. The molecule has 1 N–H and O–H groups in total. The first-order chi connectivity index (χ1) is 24.4. The van der Waals surface area contributed by atoms with Gasteiger partial charge in [0.1, 0.15) is 11.6 Å². The Kier molecular flexibility index (Phi) is 7.88. The molecule has 8 rings (SSSR count).